The van der Waals surface area contributed by atoms with E-state index in [1.807, 2.05) is 11.3 Å². The Morgan fingerprint density at radius 3 is 1.72 bits per heavy atom. The lowest BCUT2D eigenvalue weighted by molar-refractivity contribution is 1.28. The van der Waals surface area contributed by atoms with Gasteiger partial charge in [0.2, 0.25) is 0 Å². The molecule has 170 valence electrons. The number of nitrogens with zero attached hydrogens (tertiary/aromatic N) is 1. The topological polar surface area (TPSA) is 3.24 Å². The Balaban J connectivity index is 1.28. The molecule has 7 aromatic rings. The maximum Gasteiger partial charge on any atom is 0.0462 e. The molecular weight excluding hydrogens is 454 g/mol. The molecule has 0 N–H and O–H groups in total. The number of benzene rings is 6. The van der Waals surface area contributed by atoms with E-state index in [9.17, 15) is 0 Å². The molecular formula is C34H23NS. The first kappa shape index (κ1) is 20.9. The number of para-hydroxylation sites is 2. The zero-order chi connectivity index (χ0) is 23.9. The summed E-state index contributed by atoms with van der Waals surface area (Å²) in [4.78, 5) is 2.29. The summed E-state index contributed by atoms with van der Waals surface area (Å²) in [7, 11) is 0. The summed E-state index contributed by atoms with van der Waals surface area (Å²) < 4.78 is 2.72. The molecule has 0 bridgehead atoms. The molecule has 36 heavy (non-hydrogen) atoms. The van der Waals surface area contributed by atoms with E-state index in [4.69, 9.17) is 0 Å². The molecule has 6 aromatic carbocycles. The van der Waals surface area contributed by atoms with Crippen molar-refractivity contribution in [3.8, 4) is 11.1 Å². The molecule has 0 aliphatic heterocycles. The standard InChI is InChI=1S/C34H23NS/c1-3-9-27(10-4-1)35(28-11-5-2-6-12-28)29-19-15-24(16-20-29)25-17-21-30-26(23-25)18-22-32-31-13-7-8-14-33(31)36-34(30)32/h1-23H. The van der Waals surface area contributed by atoms with E-state index in [1.165, 1.54) is 42.1 Å². The number of hydrogen-bond donors (Lipinski definition) is 0. The second kappa shape index (κ2) is 8.67. The van der Waals surface area contributed by atoms with Crippen LogP contribution in [0.4, 0.5) is 17.1 Å². The van der Waals surface area contributed by atoms with Gasteiger partial charge in [0.05, 0.1) is 0 Å². The van der Waals surface area contributed by atoms with Gasteiger partial charge in [0.25, 0.3) is 0 Å². The maximum absolute atomic E-state index is 2.32. The largest absolute Gasteiger partial charge is 0.311 e. The number of hydrogen-bond acceptors (Lipinski definition) is 2. The highest BCUT2D eigenvalue weighted by atomic mass is 32.1. The van der Waals surface area contributed by atoms with Gasteiger partial charge in [0, 0.05) is 37.2 Å². The summed E-state index contributed by atoms with van der Waals surface area (Å²) >= 11 is 1.89. The Labute approximate surface area is 214 Å². The van der Waals surface area contributed by atoms with Crippen LogP contribution in [0.5, 0.6) is 0 Å². The van der Waals surface area contributed by atoms with Crippen molar-refractivity contribution in [3.63, 3.8) is 0 Å². The fourth-order valence-corrected chi connectivity index (χ4v) is 6.33. The van der Waals surface area contributed by atoms with Crippen LogP contribution in [0, 0.1) is 0 Å². The van der Waals surface area contributed by atoms with Crippen LogP contribution in [0.25, 0.3) is 42.1 Å². The highest BCUT2D eigenvalue weighted by Gasteiger charge is 2.13. The van der Waals surface area contributed by atoms with Gasteiger partial charge >= 0.3 is 0 Å². The zero-order valence-electron chi connectivity index (χ0n) is 19.6. The van der Waals surface area contributed by atoms with E-state index in [2.05, 4.69) is 144 Å². The average molecular weight is 478 g/mol. The number of rotatable bonds is 4. The monoisotopic (exact) mass is 477 g/mol. The smallest absolute Gasteiger partial charge is 0.0462 e. The van der Waals surface area contributed by atoms with Gasteiger partial charge in [-0.15, -0.1) is 11.3 Å². The van der Waals surface area contributed by atoms with Crippen molar-refractivity contribution >= 4 is 59.3 Å². The van der Waals surface area contributed by atoms with Crippen molar-refractivity contribution in [1.29, 1.82) is 0 Å². The van der Waals surface area contributed by atoms with E-state index in [0.717, 1.165) is 17.1 Å². The van der Waals surface area contributed by atoms with Crippen LogP contribution in [-0.2, 0) is 0 Å². The summed E-state index contributed by atoms with van der Waals surface area (Å²) in [6.45, 7) is 0. The van der Waals surface area contributed by atoms with Crippen LogP contribution < -0.4 is 4.90 Å². The van der Waals surface area contributed by atoms with Crippen LogP contribution in [0.1, 0.15) is 0 Å². The molecule has 0 atom stereocenters. The summed E-state index contributed by atoms with van der Waals surface area (Å²) in [6, 6.07) is 50.1. The minimum absolute atomic E-state index is 1.14. The fourth-order valence-electron chi connectivity index (χ4n) is 5.10. The molecule has 0 amide bonds. The van der Waals surface area contributed by atoms with Crippen LogP contribution in [0.2, 0.25) is 0 Å². The quantitative estimate of drug-likeness (QED) is 0.244. The normalized spacial score (nSPS) is 11.3. The molecule has 0 saturated heterocycles. The van der Waals surface area contributed by atoms with Crippen LogP contribution in [0.3, 0.4) is 0 Å². The van der Waals surface area contributed by atoms with E-state index >= 15 is 0 Å². The number of fused-ring (bicyclic) bond motifs is 5. The highest BCUT2D eigenvalue weighted by Crippen LogP contribution is 2.40. The van der Waals surface area contributed by atoms with Gasteiger partial charge in [-0.1, -0.05) is 91.0 Å². The predicted octanol–water partition coefficient (Wildman–Crippen LogP) is 10.3. The summed E-state index contributed by atoms with van der Waals surface area (Å²) in [5, 5.41) is 5.31. The summed E-state index contributed by atoms with van der Waals surface area (Å²) in [5.74, 6) is 0. The van der Waals surface area contributed by atoms with Gasteiger partial charge in [-0.25, -0.2) is 0 Å². The van der Waals surface area contributed by atoms with E-state index < -0.39 is 0 Å². The molecule has 0 unspecified atom stereocenters. The number of thiophene rings is 1. The van der Waals surface area contributed by atoms with Gasteiger partial charge in [0.15, 0.2) is 0 Å². The minimum atomic E-state index is 1.14. The molecule has 1 nitrogen and oxygen atoms in total. The molecule has 7 rings (SSSR count). The maximum atomic E-state index is 2.32. The van der Waals surface area contributed by atoms with Crippen molar-refractivity contribution < 1.29 is 0 Å². The molecule has 2 heteroatoms. The first-order valence-electron chi connectivity index (χ1n) is 12.2. The van der Waals surface area contributed by atoms with E-state index in [-0.39, 0.29) is 0 Å². The van der Waals surface area contributed by atoms with E-state index in [0.29, 0.717) is 0 Å². The Hall–Kier alpha value is -4.40. The molecule has 0 saturated carbocycles. The SMILES string of the molecule is c1ccc(N(c2ccccc2)c2ccc(-c3ccc4c(ccc5c6ccccc6sc45)c3)cc2)cc1. The summed E-state index contributed by atoms with van der Waals surface area (Å²) in [5.41, 5.74) is 5.89. The Kier molecular flexibility index (Phi) is 5.04. The van der Waals surface area contributed by atoms with Gasteiger partial charge < -0.3 is 4.90 Å². The molecule has 0 fully saturated rings. The molecule has 1 heterocycles. The molecule has 0 aliphatic rings. The average Bonchev–Trinajstić information content (AvgIpc) is 3.34. The predicted molar refractivity (Wildman–Crippen MR) is 157 cm³/mol. The summed E-state index contributed by atoms with van der Waals surface area (Å²) in [6.07, 6.45) is 0. The first-order valence-corrected chi connectivity index (χ1v) is 13.0. The van der Waals surface area contributed by atoms with Gasteiger partial charge in [-0.2, -0.15) is 0 Å². The number of anilines is 3. The van der Waals surface area contributed by atoms with E-state index in [1.54, 1.807) is 0 Å². The minimum Gasteiger partial charge on any atom is -0.311 e. The Bertz CT molecular complexity index is 1780. The second-order valence-electron chi connectivity index (χ2n) is 9.03. The van der Waals surface area contributed by atoms with Gasteiger partial charge in [0.1, 0.15) is 0 Å². The fraction of sp³-hybridized carbons (Fsp3) is 0. The van der Waals surface area contributed by atoms with Gasteiger partial charge in [-0.05, 0) is 70.4 Å². The molecule has 0 radical (unpaired) electrons. The van der Waals surface area contributed by atoms with Crippen molar-refractivity contribution in [2.75, 3.05) is 4.90 Å². The first-order chi connectivity index (χ1) is 17.8. The Morgan fingerprint density at radius 2 is 1.00 bits per heavy atom. The third kappa shape index (κ3) is 3.55. The third-order valence-corrected chi connectivity index (χ3v) is 8.07. The van der Waals surface area contributed by atoms with Crippen LogP contribution in [0.15, 0.2) is 140 Å². The van der Waals surface area contributed by atoms with Crippen molar-refractivity contribution in [2.24, 2.45) is 0 Å². The second-order valence-corrected chi connectivity index (χ2v) is 10.1. The zero-order valence-corrected chi connectivity index (χ0v) is 20.5. The molecule has 0 aliphatic carbocycles. The van der Waals surface area contributed by atoms with Crippen molar-refractivity contribution in [3.05, 3.63) is 140 Å². The van der Waals surface area contributed by atoms with Gasteiger partial charge in [-0.3, -0.25) is 0 Å². The third-order valence-electron chi connectivity index (χ3n) is 6.85. The molecule has 1 aromatic heterocycles. The van der Waals surface area contributed by atoms with Crippen molar-refractivity contribution in [2.45, 2.75) is 0 Å². The lowest BCUT2D eigenvalue weighted by Crippen LogP contribution is -2.09. The lowest BCUT2D eigenvalue weighted by Gasteiger charge is -2.25. The lowest BCUT2D eigenvalue weighted by atomic mass is 9.99. The Morgan fingerprint density at radius 1 is 0.417 bits per heavy atom. The molecule has 0 spiro atoms. The van der Waals surface area contributed by atoms with Crippen molar-refractivity contribution in [1.82, 2.24) is 0 Å². The van der Waals surface area contributed by atoms with Crippen LogP contribution in [-0.4, -0.2) is 0 Å². The van der Waals surface area contributed by atoms with Crippen LogP contribution >= 0.6 is 11.3 Å². The highest BCUT2D eigenvalue weighted by molar-refractivity contribution is 7.26.